The van der Waals surface area contributed by atoms with Gasteiger partial charge in [0, 0.05) is 30.6 Å². The molecule has 0 aromatic heterocycles. The Hall–Kier alpha value is -3.93. The molecule has 2 bridgehead atoms. The molecule has 2 N–H and O–H groups in total. The smallest absolute Gasteiger partial charge is 0.251 e. The predicted octanol–water partition coefficient (Wildman–Crippen LogP) is 8.37. The second-order valence-corrected chi connectivity index (χ2v) is 15.9. The molecule has 3 aromatic carbocycles. The Balaban J connectivity index is 1.10. The van der Waals surface area contributed by atoms with Gasteiger partial charge in [0.1, 0.15) is 6.04 Å². The Morgan fingerprint density at radius 2 is 1.40 bits per heavy atom. The normalized spacial score (nSPS) is 23.2. The van der Waals surface area contributed by atoms with Crippen LogP contribution in [0.3, 0.4) is 0 Å². The zero-order valence-corrected chi connectivity index (χ0v) is 29.3. The van der Waals surface area contributed by atoms with E-state index in [9.17, 15) is 14.4 Å². The van der Waals surface area contributed by atoms with Gasteiger partial charge in [0.25, 0.3) is 5.91 Å². The number of carbonyl (C=O) groups is 3. The number of fused-ring (bicyclic) bond motifs is 3. The molecule has 4 aliphatic rings. The molecule has 254 valence electrons. The molecule has 0 spiro atoms. The zero-order chi connectivity index (χ0) is 33.9. The monoisotopic (exact) mass is 647 g/mol. The van der Waals surface area contributed by atoms with Gasteiger partial charge in [0.15, 0.2) is 0 Å². The van der Waals surface area contributed by atoms with Gasteiger partial charge in [-0.25, -0.2) is 0 Å². The summed E-state index contributed by atoms with van der Waals surface area (Å²) in [6.45, 7) is 7.22. The van der Waals surface area contributed by atoms with Crippen LogP contribution in [0.25, 0.3) is 11.1 Å². The van der Waals surface area contributed by atoms with Crippen LogP contribution in [0.4, 0.5) is 0 Å². The van der Waals surface area contributed by atoms with Crippen molar-refractivity contribution in [3.63, 3.8) is 0 Å². The molecule has 7 rings (SSSR count). The standard InChI is InChI=1S/C42H53N3O3/c1-40(2,3)32-21-19-30(20-22-32)34-17-11-12-18-35(34)37(46)43-29-41-23-26-42(27-24-41,28-25-41)39(48)44-36(31-13-7-5-8-14-31)38(47)45(4)33-15-9-6-10-16-33/h5,7-8,11-14,17-22,33,36H,6,9-10,15-16,23-29H2,1-4H3,(H,43,46)(H,44,48)/t36-,41?,42?/m0/s1. The zero-order valence-electron chi connectivity index (χ0n) is 29.3. The Morgan fingerprint density at radius 3 is 2.02 bits per heavy atom. The van der Waals surface area contributed by atoms with E-state index in [2.05, 4.69) is 55.7 Å². The maximum atomic E-state index is 14.1. The third kappa shape index (κ3) is 7.09. The molecule has 6 heteroatoms. The molecule has 4 fully saturated rings. The van der Waals surface area contributed by atoms with Crippen LogP contribution >= 0.6 is 0 Å². The van der Waals surface area contributed by atoms with Crippen LogP contribution in [-0.4, -0.2) is 42.3 Å². The average molecular weight is 648 g/mol. The summed E-state index contributed by atoms with van der Waals surface area (Å²) in [5.41, 5.74) is 4.37. The van der Waals surface area contributed by atoms with Gasteiger partial charge in [-0.15, -0.1) is 0 Å². The lowest BCUT2D eigenvalue weighted by Gasteiger charge is -2.52. The van der Waals surface area contributed by atoms with Crippen molar-refractivity contribution >= 4 is 17.7 Å². The molecule has 4 aliphatic carbocycles. The number of carbonyl (C=O) groups excluding carboxylic acids is 3. The first kappa shape index (κ1) is 34.0. The van der Waals surface area contributed by atoms with E-state index in [0.29, 0.717) is 12.1 Å². The summed E-state index contributed by atoms with van der Waals surface area (Å²) < 4.78 is 0. The fourth-order valence-electron chi connectivity index (χ4n) is 8.38. The number of rotatable bonds is 9. The van der Waals surface area contributed by atoms with Gasteiger partial charge >= 0.3 is 0 Å². The topological polar surface area (TPSA) is 78.5 Å². The highest BCUT2D eigenvalue weighted by molar-refractivity contribution is 6.01. The number of amides is 3. The van der Waals surface area contributed by atoms with Crippen LogP contribution in [-0.2, 0) is 15.0 Å². The third-order valence-electron chi connectivity index (χ3n) is 11.9. The Morgan fingerprint density at radius 1 is 0.792 bits per heavy atom. The number of hydrogen-bond donors (Lipinski definition) is 2. The lowest BCUT2D eigenvalue weighted by molar-refractivity contribution is -0.146. The quantitative estimate of drug-likeness (QED) is 0.245. The Bertz CT molecular complexity index is 1580. The van der Waals surface area contributed by atoms with Crippen LogP contribution in [0.15, 0.2) is 78.9 Å². The number of benzene rings is 3. The van der Waals surface area contributed by atoms with Crippen LogP contribution in [0.2, 0.25) is 0 Å². The number of likely N-dealkylation sites (N-methyl/N-ethyl adjacent to an activating group) is 1. The van der Waals surface area contributed by atoms with E-state index in [1.807, 2.05) is 66.5 Å². The first-order chi connectivity index (χ1) is 23.0. The minimum atomic E-state index is -0.683. The van der Waals surface area contributed by atoms with Gasteiger partial charge in [-0.3, -0.25) is 14.4 Å². The maximum Gasteiger partial charge on any atom is 0.251 e. The van der Waals surface area contributed by atoms with Gasteiger partial charge in [0.05, 0.1) is 0 Å². The van der Waals surface area contributed by atoms with Gasteiger partial charge in [-0.2, -0.15) is 0 Å². The van der Waals surface area contributed by atoms with Gasteiger partial charge in [0.2, 0.25) is 11.8 Å². The molecular weight excluding hydrogens is 594 g/mol. The lowest BCUT2D eigenvalue weighted by atomic mass is 9.53. The predicted molar refractivity (Wildman–Crippen MR) is 192 cm³/mol. The van der Waals surface area contributed by atoms with E-state index in [4.69, 9.17) is 0 Å². The van der Waals surface area contributed by atoms with E-state index in [1.165, 1.54) is 12.0 Å². The minimum Gasteiger partial charge on any atom is -0.351 e. The fourth-order valence-corrected chi connectivity index (χ4v) is 8.38. The molecule has 0 saturated heterocycles. The van der Waals surface area contributed by atoms with E-state index >= 15 is 0 Å². The summed E-state index contributed by atoms with van der Waals surface area (Å²) in [4.78, 5) is 43.6. The van der Waals surface area contributed by atoms with Crippen LogP contribution < -0.4 is 10.6 Å². The first-order valence-corrected chi connectivity index (χ1v) is 18.1. The van der Waals surface area contributed by atoms with Crippen LogP contribution in [0.5, 0.6) is 0 Å². The van der Waals surface area contributed by atoms with Crippen molar-refractivity contribution < 1.29 is 14.4 Å². The van der Waals surface area contributed by atoms with Crippen LogP contribution in [0, 0.1) is 10.8 Å². The summed E-state index contributed by atoms with van der Waals surface area (Å²) in [7, 11) is 1.91. The van der Waals surface area contributed by atoms with Crippen molar-refractivity contribution in [1.82, 2.24) is 15.5 Å². The van der Waals surface area contributed by atoms with Gasteiger partial charge < -0.3 is 15.5 Å². The highest BCUT2D eigenvalue weighted by Gasteiger charge is 2.53. The van der Waals surface area contributed by atoms with Crippen molar-refractivity contribution in [2.45, 2.75) is 109 Å². The highest BCUT2D eigenvalue weighted by Crippen LogP contribution is 2.57. The molecule has 0 heterocycles. The average Bonchev–Trinajstić information content (AvgIpc) is 3.13. The second-order valence-electron chi connectivity index (χ2n) is 15.9. The van der Waals surface area contributed by atoms with Gasteiger partial charge in [-0.1, -0.05) is 113 Å². The van der Waals surface area contributed by atoms with Crippen molar-refractivity contribution in [2.24, 2.45) is 10.8 Å². The highest BCUT2D eigenvalue weighted by atomic mass is 16.2. The first-order valence-electron chi connectivity index (χ1n) is 18.1. The molecule has 3 amide bonds. The lowest BCUT2D eigenvalue weighted by Crippen LogP contribution is -2.55. The Labute approximate surface area is 287 Å². The van der Waals surface area contributed by atoms with E-state index in [1.54, 1.807) is 0 Å². The molecule has 4 saturated carbocycles. The largest absolute Gasteiger partial charge is 0.351 e. The summed E-state index contributed by atoms with van der Waals surface area (Å²) in [5.74, 6) is -0.0660. The molecule has 0 aliphatic heterocycles. The van der Waals surface area contributed by atoms with E-state index < -0.39 is 11.5 Å². The summed E-state index contributed by atoms with van der Waals surface area (Å²) in [6.07, 6.45) is 10.6. The van der Waals surface area contributed by atoms with Crippen LogP contribution in [0.1, 0.15) is 119 Å². The fraction of sp³-hybridized carbons (Fsp3) is 0.500. The summed E-state index contributed by atoms with van der Waals surface area (Å²) in [6, 6.07) is 25.6. The third-order valence-corrected chi connectivity index (χ3v) is 11.9. The molecule has 3 aromatic rings. The Kier molecular flexibility index (Phi) is 9.83. The second kappa shape index (κ2) is 13.9. The summed E-state index contributed by atoms with van der Waals surface area (Å²) in [5, 5.41) is 6.55. The SMILES string of the molecule is CN(C(=O)[C@@H](NC(=O)C12CCC(CNC(=O)c3ccccc3-c3ccc(C(C)(C)C)cc3)(CC1)CC2)c1ccccc1)C1CCCCC1. The van der Waals surface area contributed by atoms with Crippen molar-refractivity contribution in [3.05, 3.63) is 95.6 Å². The molecule has 6 nitrogen and oxygen atoms in total. The molecule has 48 heavy (non-hydrogen) atoms. The number of nitrogens with one attached hydrogen (secondary N) is 2. The van der Waals surface area contributed by atoms with Crippen molar-refractivity contribution in [1.29, 1.82) is 0 Å². The minimum absolute atomic E-state index is 0.00313. The summed E-state index contributed by atoms with van der Waals surface area (Å²) >= 11 is 0. The maximum absolute atomic E-state index is 14.1. The van der Waals surface area contributed by atoms with Gasteiger partial charge in [-0.05, 0) is 90.5 Å². The van der Waals surface area contributed by atoms with Crippen molar-refractivity contribution in [2.75, 3.05) is 13.6 Å². The van der Waals surface area contributed by atoms with E-state index in [0.717, 1.165) is 80.9 Å². The number of nitrogens with zero attached hydrogens (tertiary/aromatic N) is 1. The number of hydrogen-bond acceptors (Lipinski definition) is 3. The molecule has 0 radical (unpaired) electrons. The van der Waals surface area contributed by atoms with E-state index in [-0.39, 0.29) is 34.6 Å². The molecule has 1 atom stereocenters. The molecule has 0 unspecified atom stereocenters. The molecular formula is C42H53N3O3. The van der Waals surface area contributed by atoms with Crippen molar-refractivity contribution in [3.8, 4) is 11.1 Å².